The molecule has 0 saturated carbocycles. The number of amides is 1. The Morgan fingerprint density at radius 2 is 1.76 bits per heavy atom. The number of carbonyl (C=O) groups is 1. The summed E-state index contributed by atoms with van der Waals surface area (Å²) in [6, 6.07) is 12.4. The standard InChI is InChI=1S/C17H12Cl3N3O2/c18-11-8-13(20)14(9-12(11)19)21-15(24)6-7-16-22-17(23-25-16)10-4-2-1-3-5-10/h1-5,8-9H,6-7H2,(H,21,24). The molecule has 1 heterocycles. The normalized spacial score (nSPS) is 10.7. The second kappa shape index (κ2) is 7.87. The number of benzene rings is 2. The first kappa shape index (κ1) is 17.7. The summed E-state index contributed by atoms with van der Waals surface area (Å²) >= 11 is 17.8. The van der Waals surface area contributed by atoms with Crippen LogP contribution in [0.15, 0.2) is 47.0 Å². The molecule has 0 aliphatic carbocycles. The minimum atomic E-state index is -0.250. The highest BCUT2D eigenvalue weighted by Crippen LogP contribution is 2.32. The van der Waals surface area contributed by atoms with Crippen LogP contribution in [0.25, 0.3) is 11.4 Å². The van der Waals surface area contributed by atoms with Gasteiger partial charge in [-0.15, -0.1) is 0 Å². The van der Waals surface area contributed by atoms with Crippen molar-refractivity contribution in [3.63, 3.8) is 0 Å². The van der Waals surface area contributed by atoms with E-state index in [4.69, 9.17) is 39.3 Å². The van der Waals surface area contributed by atoms with Crippen LogP contribution in [0.3, 0.4) is 0 Å². The maximum Gasteiger partial charge on any atom is 0.227 e. The number of hydrogen-bond donors (Lipinski definition) is 1. The van der Waals surface area contributed by atoms with Crippen LogP contribution in [-0.2, 0) is 11.2 Å². The van der Waals surface area contributed by atoms with Gasteiger partial charge in [-0.3, -0.25) is 4.79 Å². The predicted octanol–water partition coefficient (Wildman–Crippen LogP) is 5.27. The van der Waals surface area contributed by atoms with E-state index in [1.165, 1.54) is 12.1 Å². The smallest absolute Gasteiger partial charge is 0.227 e. The van der Waals surface area contributed by atoms with Gasteiger partial charge < -0.3 is 9.84 Å². The van der Waals surface area contributed by atoms with Crippen LogP contribution in [0.5, 0.6) is 0 Å². The van der Waals surface area contributed by atoms with Gasteiger partial charge in [0.2, 0.25) is 17.6 Å². The van der Waals surface area contributed by atoms with Crippen LogP contribution in [0.2, 0.25) is 15.1 Å². The van der Waals surface area contributed by atoms with Crippen molar-refractivity contribution in [2.24, 2.45) is 0 Å². The lowest BCUT2D eigenvalue weighted by Gasteiger charge is -2.08. The molecule has 0 saturated heterocycles. The quantitative estimate of drug-likeness (QED) is 0.597. The molecule has 8 heteroatoms. The fourth-order valence-corrected chi connectivity index (χ4v) is 2.71. The van der Waals surface area contributed by atoms with Gasteiger partial charge in [0.1, 0.15) is 0 Å². The van der Waals surface area contributed by atoms with Gasteiger partial charge in [0.05, 0.1) is 20.8 Å². The number of nitrogens with zero attached hydrogens (tertiary/aromatic N) is 2. The van der Waals surface area contributed by atoms with Gasteiger partial charge in [-0.2, -0.15) is 4.98 Å². The molecule has 25 heavy (non-hydrogen) atoms. The van der Waals surface area contributed by atoms with Crippen molar-refractivity contribution < 1.29 is 9.32 Å². The number of hydrogen-bond acceptors (Lipinski definition) is 4. The average Bonchev–Trinajstić information content (AvgIpc) is 3.08. The third-order valence-electron chi connectivity index (χ3n) is 3.35. The van der Waals surface area contributed by atoms with Crippen LogP contribution >= 0.6 is 34.8 Å². The fraction of sp³-hybridized carbons (Fsp3) is 0.118. The van der Waals surface area contributed by atoms with Crippen LogP contribution in [-0.4, -0.2) is 16.0 Å². The summed E-state index contributed by atoms with van der Waals surface area (Å²) in [5, 5.41) is 7.54. The zero-order valence-corrected chi connectivity index (χ0v) is 15.1. The molecule has 0 unspecified atom stereocenters. The highest BCUT2D eigenvalue weighted by Gasteiger charge is 2.12. The summed E-state index contributed by atoms with van der Waals surface area (Å²) in [7, 11) is 0. The van der Waals surface area contributed by atoms with Crippen molar-refractivity contribution >= 4 is 46.4 Å². The average molecular weight is 397 g/mol. The van der Waals surface area contributed by atoms with E-state index in [1.807, 2.05) is 30.3 Å². The molecule has 128 valence electrons. The number of halogens is 3. The summed E-state index contributed by atoms with van der Waals surface area (Å²) in [5.74, 6) is 0.623. The highest BCUT2D eigenvalue weighted by molar-refractivity contribution is 6.44. The van der Waals surface area contributed by atoms with Crippen molar-refractivity contribution in [3.8, 4) is 11.4 Å². The minimum Gasteiger partial charge on any atom is -0.339 e. The summed E-state index contributed by atoms with van der Waals surface area (Å²) in [6.07, 6.45) is 0.470. The molecule has 0 spiro atoms. The molecule has 0 bridgehead atoms. The maximum atomic E-state index is 12.1. The second-order valence-electron chi connectivity index (χ2n) is 5.17. The van der Waals surface area contributed by atoms with Crippen LogP contribution < -0.4 is 5.32 Å². The van der Waals surface area contributed by atoms with Gasteiger partial charge in [0.25, 0.3) is 0 Å². The van der Waals surface area contributed by atoms with Gasteiger partial charge in [-0.05, 0) is 12.1 Å². The molecule has 1 N–H and O–H groups in total. The molecule has 3 rings (SSSR count). The van der Waals surface area contributed by atoms with E-state index in [0.29, 0.717) is 38.9 Å². The fourth-order valence-electron chi connectivity index (χ4n) is 2.11. The lowest BCUT2D eigenvalue weighted by atomic mass is 10.2. The molecule has 5 nitrogen and oxygen atoms in total. The molecule has 0 aliphatic heterocycles. The van der Waals surface area contributed by atoms with Crippen molar-refractivity contribution in [2.75, 3.05) is 5.32 Å². The number of carbonyl (C=O) groups excluding carboxylic acids is 1. The summed E-state index contributed by atoms with van der Waals surface area (Å²) < 4.78 is 5.17. The molecule has 1 amide bonds. The summed E-state index contributed by atoms with van der Waals surface area (Å²) in [6.45, 7) is 0. The van der Waals surface area contributed by atoms with E-state index in [-0.39, 0.29) is 12.3 Å². The van der Waals surface area contributed by atoms with E-state index in [2.05, 4.69) is 15.5 Å². The molecule has 1 aromatic heterocycles. The Labute approximate surface area is 158 Å². The van der Waals surface area contributed by atoms with E-state index in [1.54, 1.807) is 0 Å². The largest absolute Gasteiger partial charge is 0.339 e. The Morgan fingerprint density at radius 3 is 2.52 bits per heavy atom. The molecule has 2 aromatic carbocycles. The minimum absolute atomic E-state index is 0.160. The summed E-state index contributed by atoms with van der Waals surface area (Å²) in [4.78, 5) is 16.4. The Balaban J connectivity index is 1.60. The van der Waals surface area contributed by atoms with Crippen molar-refractivity contribution in [1.29, 1.82) is 0 Å². The second-order valence-corrected chi connectivity index (χ2v) is 6.39. The Kier molecular flexibility index (Phi) is 5.58. The zero-order chi connectivity index (χ0) is 17.8. The van der Waals surface area contributed by atoms with E-state index >= 15 is 0 Å². The lowest BCUT2D eigenvalue weighted by Crippen LogP contribution is -2.12. The maximum absolute atomic E-state index is 12.1. The Bertz CT molecular complexity index is 897. The lowest BCUT2D eigenvalue weighted by molar-refractivity contribution is -0.116. The topological polar surface area (TPSA) is 68.0 Å². The number of aromatic nitrogens is 2. The molecule has 0 aliphatic rings. The van der Waals surface area contributed by atoms with Gasteiger partial charge >= 0.3 is 0 Å². The van der Waals surface area contributed by atoms with E-state index in [0.717, 1.165) is 5.56 Å². The van der Waals surface area contributed by atoms with E-state index < -0.39 is 0 Å². The van der Waals surface area contributed by atoms with E-state index in [9.17, 15) is 4.79 Å². The first-order valence-electron chi connectivity index (χ1n) is 7.35. The third-order valence-corrected chi connectivity index (χ3v) is 4.38. The highest BCUT2D eigenvalue weighted by atomic mass is 35.5. The van der Waals surface area contributed by atoms with Gasteiger partial charge in [0, 0.05) is 18.4 Å². The van der Waals surface area contributed by atoms with Crippen molar-refractivity contribution in [1.82, 2.24) is 10.1 Å². The number of aryl methyl sites for hydroxylation is 1. The SMILES string of the molecule is O=C(CCc1nc(-c2ccccc2)no1)Nc1cc(Cl)c(Cl)cc1Cl. The first-order valence-corrected chi connectivity index (χ1v) is 8.48. The van der Waals surface area contributed by atoms with Crippen LogP contribution in [0, 0.1) is 0 Å². The summed E-state index contributed by atoms with van der Waals surface area (Å²) in [5.41, 5.74) is 1.25. The molecule has 3 aromatic rings. The molecular formula is C17H12Cl3N3O2. The monoisotopic (exact) mass is 395 g/mol. The van der Waals surface area contributed by atoms with Gasteiger partial charge in [-0.1, -0.05) is 70.3 Å². The molecule has 0 fully saturated rings. The van der Waals surface area contributed by atoms with Crippen molar-refractivity contribution in [3.05, 3.63) is 63.4 Å². The molecule has 0 radical (unpaired) electrons. The number of nitrogens with one attached hydrogen (secondary N) is 1. The number of rotatable bonds is 5. The Hall–Kier alpha value is -2.08. The van der Waals surface area contributed by atoms with Gasteiger partial charge in [0.15, 0.2) is 0 Å². The van der Waals surface area contributed by atoms with Crippen molar-refractivity contribution in [2.45, 2.75) is 12.8 Å². The predicted molar refractivity (Wildman–Crippen MR) is 98.2 cm³/mol. The van der Waals surface area contributed by atoms with Gasteiger partial charge in [-0.25, -0.2) is 0 Å². The molecular weight excluding hydrogens is 385 g/mol. The zero-order valence-electron chi connectivity index (χ0n) is 12.8. The first-order chi connectivity index (χ1) is 12.0. The third kappa shape index (κ3) is 4.51. The molecule has 0 atom stereocenters. The number of anilines is 1. The van der Waals surface area contributed by atoms with Crippen LogP contribution in [0.1, 0.15) is 12.3 Å². The Morgan fingerprint density at radius 1 is 1.04 bits per heavy atom. The van der Waals surface area contributed by atoms with Crippen LogP contribution in [0.4, 0.5) is 5.69 Å².